The lowest BCUT2D eigenvalue weighted by Gasteiger charge is -2.35. The molecule has 1 amide bonds. The second-order valence-electron chi connectivity index (χ2n) is 12.6. The number of amides is 1. The summed E-state index contributed by atoms with van der Waals surface area (Å²) in [5, 5.41) is 7.74. The number of alkyl halides is 7. The summed E-state index contributed by atoms with van der Waals surface area (Å²) in [6, 6.07) is 4.74. The average Bonchev–Trinajstić information content (AvgIpc) is 3.22. The largest absolute Gasteiger partial charge is 0.444 e. The predicted molar refractivity (Wildman–Crippen MR) is 138 cm³/mol. The molecule has 2 aliphatic heterocycles. The van der Waals surface area contributed by atoms with Crippen LogP contribution in [0.4, 0.5) is 41.2 Å². The Morgan fingerprint density at radius 3 is 2.28 bits per heavy atom. The third kappa shape index (κ3) is 4.65. The number of anilines is 1. The number of rotatable bonds is 3. The third-order valence-electron chi connectivity index (χ3n) is 8.68. The van der Waals surface area contributed by atoms with Gasteiger partial charge in [0.1, 0.15) is 11.0 Å². The van der Waals surface area contributed by atoms with Crippen molar-refractivity contribution in [2.45, 2.75) is 69.1 Å². The van der Waals surface area contributed by atoms with Crippen molar-refractivity contribution in [3.63, 3.8) is 0 Å². The van der Waals surface area contributed by atoms with Crippen LogP contribution in [-0.4, -0.2) is 64.1 Å². The smallest absolute Gasteiger partial charge is 0.418 e. The van der Waals surface area contributed by atoms with Crippen LogP contribution < -0.4 is 4.90 Å². The first kappa shape index (κ1) is 29.4. The van der Waals surface area contributed by atoms with Crippen molar-refractivity contribution < 1.29 is 44.7 Å². The van der Waals surface area contributed by atoms with Gasteiger partial charge in [-0.05, 0) is 51.5 Å². The molecular weight excluding hydrogens is 587 g/mol. The Balaban J connectivity index is 1.28. The number of halogens is 7. The molecule has 6 rings (SSSR count). The SMILES string of the molecule is CC(C)(C)OC(=O)N1CCC(F)(c2nnc([C@]34CN(c5ccc(C(F)(F)F)c6ncccc56)C[C@@]3(C(F)(F)F)C4)o2)CC1. The van der Waals surface area contributed by atoms with Gasteiger partial charge < -0.3 is 19.0 Å². The Morgan fingerprint density at radius 2 is 1.65 bits per heavy atom. The molecule has 43 heavy (non-hydrogen) atoms. The van der Waals surface area contributed by atoms with E-state index < -0.39 is 58.5 Å². The lowest BCUT2D eigenvalue weighted by Crippen LogP contribution is -2.45. The maximum Gasteiger partial charge on any atom is 0.418 e. The Hall–Kier alpha value is -3.65. The zero-order valence-corrected chi connectivity index (χ0v) is 23.4. The highest BCUT2D eigenvalue weighted by atomic mass is 19.4. The number of fused-ring (bicyclic) bond motifs is 2. The number of nitrogens with zero attached hydrogens (tertiary/aromatic N) is 5. The van der Waals surface area contributed by atoms with Gasteiger partial charge in [-0.1, -0.05) is 0 Å². The van der Waals surface area contributed by atoms with Crippen molar-refractivity contribution in [3.05, 3.63) is 47.8 Å². The fourth-order valence-electron chi connectivity index (χ4n) is 6.42. The highest BCUT2D eigenvalue weighted by molar-refractivity contribution is 5.94. The maximum atomic E-state index is 16.0. The molecule has 0 spiro atoms. The Labute approximate surface area is 241 Å². The maximum absolute atomic E-state index is 16.0. The molecule has 2 saturated heterocycles. The number of aromatic nitrogens is 3. The number of carbonyl (C=O) groups excluding carboxylic acids is 1. The van der Waals surface area contributed by atoms with Crippen LogP contribution in [0.25, 0.3) is 10.9 Å². The number of hydrogen-bond donors (Lipinski definition) is 0. The molecule has 2 atom stereocenters. The first-order chi connectivity index (χ1) is 19.9. The van der Waals surface area contributed by atoms with E-state index in [1.54, 1.807) is 20.8 Å². The van der Waals surface area contributed by atoms with Crippen molar-refractivity contribution in [3.8, 4) is 0 Å². The van der Waals surface area contributed by atoms with Gasteiger partial charge >= 0.3 is 18.4 Å². The molecule has 1 saturated carbocycles. The Morgan fingerprint density at radius 1 is 0.977 bits per heavy atom. The van der Waals surface area contributed by atoms with Crippen LogP contribution in [0, 0.1) is 5.41 Å². The topological polar surface area (TPSA) is 84.6 Å². The third-order valence-corrected chi connectivity index (χ3v) is 8.68. The van der Waals surface area contributed by atoms with Gasteiger partial charge in [0.2, 0.25) is 5.89 Å². The zero-order chi connectivity index (χ0) is 31.2. The lowest BCUT2D eigenvalue weighted by molar-refractivity contribution is -0.187. The van der Waals surface area contributed by atoms with Gasteiger partial charge in [-0.15, -0.1) is 10.2 Å². The lowest BCUT2D eigenvalue weighted by atomic mass is 9.93. The molecule has 0 bridgehead atoms. The van der Waals surface area contributed by atoms with Gasteiger partial charge in [0.25, 0.3) is 5.89 Å². The van der Waals surface area contributed by atoms with Crippen molar-refractivity contribution in [2.75, 3.05) is 31.1 Å². The minimum atomic E-state index is -4.72. The van der Waals surface area contributed by atoms with Crippen LogP contribution in [0.2, 0.25) is 0 Å². The molecule has 0 N–H and O–H groups in total. The van der Waals surface area contributed by atoms with Crippen molar-refractivity contribution in [2.24, 2.45) is 5.41 Å². The number of benzene rings is 1. The molecule has 0 radical (unpaired) electrons. The van der Waals surface area contributed by atoms with E-state index in [-0.39, 0.29) is 61.4 Å². The summed E-state index contributed by atoms with van der Waals surface area (Å²) in [7, 11) is 0. The molecule has 2 aromatic heterocycles. The Bertz CT molecular complexity index is 1580. The molecule has 3 aliphatic rings. The van der Waals surface area contributed by atoms with E-state index in [1.165, 1.54) is 28.1 Å². The predicted octanol–water partition coefficient (Wildman–Crippen LogP) is 6.54. The number of likely N-dealkylation sites (tertiary alicyclic amines) is 1. The minimum Gasteiger partial charge on any atom is -0.444 e. The average molecular weight is 616 g/mol. The molecule has 15 heteroatoms. The summed E-state index contributed by atoms with van der Waals surface area (Å²) < 4.78 is 112. The summed E-state index contributed by atoms with van der Waals surface area (Å²) in [5.41, 5.74) is -8.14. The molecule has 3 aromatic rings. The molecule has 1 aliphatic carbocycles. The molecule has 0 unspecified atom stereocenters. The molecular formula is C28H28F7N5O3. The number of piperidine rings is 2. The van der Waals surface area contributed by atoms with Gasteiger partial charge in [-0.3, -0.25) is 4.98 Å². The zero-order valence-electron chi connectivity index (χ0n) is 23.4. The Kier molecular flexibility index (Phi) is 6.28. The van der Waals surface area contributed by atoms with Crippen LogP contribution in [0.3, 0.4) is 0 Å². The van der Waals surface area contributed by atoms with Gasteiger partial charge in [-0.2, -0.15) is 26.3 Å². The van der Waals surface area contributed by atoms with E-state index in [1.807, 2.05) is 0 Å². The number of carbonyl (C=O) groups is 1. The number of pyridine rings is 1. The highest BCUT2D eigenvalue weighted by Gasteiger charge is 2.86. The van der Waals surface area contributed by atoms with E-state index in [2.05, 4.69) is 15.2 Å². The quantitative estimate of drug-likeness (QED) is 0.310. The summed E-state index contributed by atoms with van der Waals surface area (Å²) in [6.45, 7) is 4.21. The number of ether oxygens (including phenoxy) is 1. The van der Waals surface area contributed by atoms with E-state index in [0.29, 0.717) is 0 Å². The van der Waals surface area contributed by atoms with E-state index in [9.17, 15) is 31.1 Å². The first-order valence-corrected chi connectivity index (χ1v) is 13.7. The van der Waals surface area contributed by atoms with Crippen molar-refractivity contribution >= 4 is 22.7 Å². The van der Waals surface area contributed by atoms with Gasteiger partial charge in [0.15, 0.2) is 5.67 Å². The fourth-order valence-corrected chi connectivity index (χ4v) is 6.42. The van der Waals surface area contributed by atoms with Crippen LogP contribution in [0.1, 0.15) is 57.4 Å². The summed E-state index contributed by atoms with van der Waals surface area (Å²) in [4.78, 5) is 18.9. The van der Waals surface area contributed by atoms with E-state index in [0.717, 1.165) is 12.1 Å². The van der Waals surface area contributed by atoms with Gasteiger partial charge in [-0.25, -0.2) is 9.18 Å². The summed E-state index contributed by atoms with van der Waals surface area (Å²) in [6.07, 6.45) is -9.68. The van der Waals surface area contributed by atoms with Crippen molar-refractivity contribution in [1.29, 1.82) is 0 Å². The van der Waals surface area contributed by atoms with E-state index >= 15 is 4.39 Å². The van der Waals surface area contributed by atoms with Crippen molar-refractivity contribution in [1.82, 2.24) is 20.1 Å². The van der Waals surface area contributed by atoms with Crippen LogP contribution in [0.15, 0.2) is 34.9 Å². The second kappa shape index (κ2) is 9.18. The summed E-state index contributed by atoms with van der Waals surface area (Å²) >= 11 is 0. The molecule has 1 aromatic carbocycles. The van der Waals surface area contributed by atoms with Crippen LogP contribution in [0.5, 0.6) is 0 Å². The fraction of sp³-hybridized carbons (Fsp3) is 0.571. The highest BCUT2D eigenvalue weighted by Crippen LogP contribution is 2.75. The first-order valence-electron chi connectivity index (χ1n) is 13.7. The normalized spacial score (nSPS) is 25.6. The molecule has 8 nitrogen and oxygen atoms in total. The van der Waals surface area contributed by atoms with Crippen LogP contribution in [-0.2, 0) is 22.0 Å². The van der Waals surface area contributed by atoms with Gasteiger partial charge in [0.05, 0.1) is 16.5 Å². The summed E-state index contributed by atoms with van der Waals surface area (Å²) in [5.74, 6) is -0.838. The molecule has 3 fully saturated rings. The van der Waals surface area contributed by atoms with Crippen LogP contribution >= 0.6 is 0 Å². The van der Waals surface area contributed by atoms with Gasteiger partial charge in [0, 0.05) is 56.3 Å². The monoisotopic (exact) mass is 615 g/mol. The minimum absolute atomic E-state index is 0.0242. The molecule has 232 valence electrons. The number of hydrogen-bond acceptors (Lipinski definition) is 7. The second-order valence-corrected chi connectivity index (χ2v) is 12.6. The van der Waals surface area contributed by atoms with E-state index in [4.69, 9.17) is 9.15 Å². The standard InChI is InChI=1S/C28H28F7N5O3/c1-23(2,3)43-22(41)39-11-8-25(29,9-12-39)21-38-37-20(42-21)24-13-26(24,28(33,34)35)15-40(14-24)18-7-6-17(27(30,31)32)19-16(18)5-4-10-36-19/h4-7,10H,8-9,11-15H2,1-3H3/t24-,26-/m0/s1. The molecule has 4 heterocycles.